The summed E-state index contributed by atoms with van der Waals surface area (Å²) in [6, 6.07) is 10.6. The van der Waals surface area contributed by atoms with E-state index in [0.717, 1.165) is 23.7 Å². The molecule has 0 fully saturated rings. The van der Waals surface area contributed by atoms with E-state index < -0.39 is 0 Å². The molecule has 0 aliphatic rings. The molecule has 4 heteroatoms. The lowest BCUT2D eigenvalue weighted by atomic mass is 10.0. The van der Waals surface area contributed by atoms with E-state index in [2.05, 4.69) is 38.2 Å². The molecule has 3 unspecified atom stereocenters. The van der Waals surface area contributed by atoms with Crippen LogP contribution in [-0.2, 0) is 0 Å². The Hall–Kier alpha value is -1.23. The summed E-state index contributed by atoms with van der Waals surface area (Å²) in [7, 11) is 0. The van der Waals surface area contributed by atoms with Gasteiger partial charge in [0.1, 0.15) is 5.01 Å². The maximum absolute atomic E-state index is 9.44. The number of aliphatic hydroxyl groups excluding tert-OH is 1. The van der Waals surface area contributed by atoms with Gasteiger partial charge in [-0.2, -0.15) is 0 Å². The summed E-state index contributed by atoms with van der Waals surface area (Å²) in [5.41, 5.74) is 2.28. The Morgan fingerprint density at radius 2 is 1.86 bits per heavy atom. The molecular weight excluding hydrogens is 292 g/mol. The molecule has 0 saturated carbocycles. The average Bonchev–Trinajstić information content (AvgIpc) is 2.87. The van der Waals surface area contributed by atoms with Crippen molar-refractivity contribution in [3.05, 3.63) is 40.9 Å². The van der Waals surface area contributed by atoms with Crippen LogP contribution in [0.3, 0.4) is 0 Å². The van der Waals surface area contributed by atoms with Crippen LogP contribution >= 0.6 is 11.3 Å². The van der Waals surface area contributed by atoms with Crippen molar-refractivity contribution in [3.8, 4) is 10.6 Å². The fourth-order valence-electron chi connectivity index (χ4n) is 2.65. The molecule has 0 saturated heterocycles. The fourth-order valence-corrected chi connectivity index (χ4v) is 3.75. The van der Waals surface area contributed by atoms with Gasteiger partial charge in [0.2, 0.25) is 0 Å². The first kappa shape index (κ1) is 17.1. The number of thiazole rings is 1. The maximum atomic E-state index is 9.44. The van der Waals surface area contributed by atoms with Crippen molar-refractivity contribution in [1.82, 2.24) is 10.3 Å². The Labute approximate surface area is 137 Å². The van der Waals surface area contributed by atoms with Crippen molar-refractivity contribution in [2.45, 2.75) is 46.3 Å². The third-order valence-electron chi connectivity index (χ3n) is 3.76. The summed E-state index contributed by atoms with van der Waals surface area (Å²) < 4.78 is 0. The van der Waals surface area contributed by atoms with Crippen molar-refractivity contribution in [2.75, 3.05) is 6.54 Å². The Morgan fingerprint density at radius 1 is 1.18 bits per heavy atom. The van der Waals surface area contributed by atoms with Gasteiger partial charge in [0.05, 0.1) is 11.8 Å². The molecule has 3 atom stereocenters. The molecule has 0 aliphatic heterocycles. The molecule has 0 bridgehead atoms. The van der Waals surface area contributed by atoms with E-state index in [0.29, 0.717) is 5.92 Å². The molecule has 1 aromatic heterocycles. The van der Waals surface area contributed by atoms with Crippen molar-refractivity contribution in [1.29, 1.82) is 0 Å². The Bertz CT molecular complexity index is 580. The minimum Gasteiger partial charge on any atom is -0.393 e. The van der Waals surface area contributed by atoms with Gasteiger partial charge in [0.25, 0.3) is 0 Å². The van der Waals surface area contributed by atoms with Gasteiger partial charge in [0.15, 0.2) is 0 Å². The smallest absolute Gasteiger partial charge is 0.123 e. The highest BCUT2D eigenvalue weighted by Gasteiger charge is 2.16. The number of nitrogens with zero attached hydrogens (tertiary/aromatic N) is 1. The minimum absolute atomic E-state index is 0.234. The summed E-state index contributed by atoms with van der Waals surface area (Å²) in [6.45, 7) is 9.19. The molecule has 3 nitrogen and oxygen atoms in total. The third-order valence-corrected chi connectivity index (χ3v) is 5.15. The summed E-state index contributed by atoms with van der Waals surface area (Å²) in [5, 5.41) is 14.1. The summed E-state index contributed by atoms with van der Waals surface area (Å²) in [5.74, 6) is 0.462. The number of rotatable bonds is 7. The highest BCUT2D eigenvalue weighted by atomic mass is 32.1. The molecule has 22 heavy (non-hydrogen) atoms. The molecule has 1 heterocycles. The molecule has 120 valence electrons. The summed E-state index contributed by atoms with van der Waals surface area (Å²) in [6.07, 6.45) is 0.596. The highest BCUT2D eigenvalue weighted by Crippen LogP contribution is 2.31. The van der Waals surface area contributed by atoms with E-state index in [1.807, 2.05) is 25.1 Å². The number of aromatic nitrogens is 1. The lowest BCUT2D eigenvalue weighted by Gasteiger charge is -2.18. The topological polar surface area (TPSA) is 45.2 Å². The van der Waals surface area contributed by atoms with Crippen LogP contribution in [0.5, 0.6) is 0 Å². The number of hydrogen-bond donors (Lipinski definition) is 2. The fraction of sp³-hybridized carbons (Fsp3) is 0.500. The standard InChI is InChI=1S/C18H26N2OS/c1-12(10-13(2)21)11-19-14(3)17-15(4)20-18(22-17)16-8-6-5-7-9-16/h5-9,12-14,19,21H,10-11H2,1-4H3. The molecule has 1 aromatic carbocycles. The quantitative estimate of drug-likeness (QED) is 0.805. The second-order valence-electron chi connectivity index (χ2n) is 6.15. The first-order valence-corrected chi connectivity index (χ1v) is 8.73. The number of nitrogens with one attached hydrogen (secondary N) is 1. The van der Waals surface area contributed by atoms with Crippen LogP contribution in [0, 0.1) is 12.8 Å². The van der Waals surface area contributed by atoms with Crippen LogP contribution < -0.4 is 5.32 Å². The van der Waals surface area contributed by atoms with E-state index in [1.54, 1.807) is 11.3 Å². The van der Waals surface area contributed by atoms with Crippen LogP contribution in [0.1, 0.15) is 43.8 Å². The van der Waals surface area contributed by atoms with E-state index in [9.17, 15) is 5.11 Å². The van der Waals surface area contributed by atoms with Gasteiger partial charge >= 0.3 is 0 Å². The predicted octanol–water partition coefficient (Wildman–Crippen LogP) is 4.18. The highest BCUT2D eigenvalue weighted by molar-refractivity contribution is 7.15. The lowest BCUT2D eigenvalue weighted by molar-refractivity contribution is 0.162. The first-order valence-electron chi connectivity index (χ1n) is 7.91. The number of hydrogen-bond acceptors (Lipinski definition) is 4. The Balaban J connectivity index is 2.01. The molecule has 0 aliphatic carbocycles. The van der Waals surface area contributed by atoms with Crippen molar-refractivity contribution in [3.63, 3.8) is 0 Å². The van der Waals surface area contributed by atoms with Gasteiger partial charge < -0.3 is 10.4 Å². The van der Waals surface area contributed by atoms with Crippen LogP contribution in [0.15, 0.2) is 30.3 Å². The molecule has 0 radical (unpaired) electrons. The zero-order valence-electron chi connectivity index (χ0n) is 13.8. The molecular formula is C18H26N2OS. The van der Waals surface area contributed by atoms with Gasteiger partial charge in [-0.3, -0.25) is 0 Å². The largest absolute Gasteiger partial charge is 0.393 e. The Kier molecular flexibility index (Phi) is 6.12. The van der Waals surface area contributed by atoms with Crippen LogP contribution in [0.2, 0.25) is 0 Å². The van der Waals surface area contributed by atoms with Crippen molar-refractivity contribution >= 4 is 11.3 Å². The second kappa shape index (κ2) is 7.86. The van der Waals surface area contributed by atoms with Gasteiger partial charge in [-0.15, -0.1) is 11.3 Å². The average molecular weight is 318 g/mol. The molecule has 0 amide bonds. The molecule has 2 aromatic rings. The molecule has 2 rings (SSSR count). The summed E-state index contributed by atoms with van der Waals surface area (Å²) in [4.78, 5) is 6.01. The SMILES string of the molecule is Cc1nc(-c2ccccc2)sc1C(C)NCC(C)CC(C)O. The van der Waals surface area contributed by atoms with Gasteiger partial charge in [-0.1, -0.05) is 37.3 Å². The summed E-state index contributed by atoms with van der Waals surface area (Å²) >= 11 is 1.76. The second-order valence-corrected chi connectivity index (χ2v) is 7.19. The Morgan fingerprint density at radius 3 is 2.50 bits per heavy atom. The predicted molar refractivity (Wildman–Crippen MR) is 94.2 cm³/mol. The number of aliphatic hydroxyl groups is 1. The van der Waals surface area contributed by atoms with Crippen LogP contribution in [-0.4, -0.2) is 22.7 Å². The lowest BCUT2D eigenvalue weighted by Crippen LogP contribution is -2.26. The van der Waals surface area contributed by atoms with E-state index >= 15 is 0 Å². The monoisotopic (exact) mass is 318 g/mol. The van der Waals surface area contributed by atoms with Crippen LogP contribution in [0.25, 0.3) is 10.6 Å². The molecule has 2 N–H and O–H groups in total. The number of benzene rings is 1. The normalized spacial score (nSPS) is 15.5. The third kappa shape index (κ3) is 4.63. The number of aryl methyl sites for hydroxylation is 1. The van der Waals surface area contributed by atoms with E-state index in [1.165, 1.54) is 10.4 Å². The molecule has 0 spiro atoms. The van der Waals surface area contributed by atoms with E-state index in [4.69, 9.17) is 4.98 Å². The zero-order chi connectivity index (χ0) is 16.1. The zero-order valence-corrected chi connectivity index (χ0v) is 14.7. The van der Waals surface area contributed by atoms with Gasteiger partial charge in [0, 0.05) is 16.5 Å². The maximum Gasteiger partial charge on any atom is 0.123 e. The first-order chi connectivity index (χ1) is 10.5. The van der Waals surface area contributed by atoms with Crippen LogP contribution in [0.4, 0.5) is 0 Å². The van der Waals surface area contributed by atoms with E-state index in [-0.39, 0.29) is 12.1 Å². The van der Waals surface area contributed by atoms with Gasteiger partial charge in [-0.05, 0) is 39.7 Å². The van der Waals surface area contributed by atoms with Crippen molar-refractivity contribution in [2.24, 2.45) is 5.92 Å². The van der Waals surface area contributed by atoms with Gasteiger partial charge in [-0.25, -0.2) is 4.98 Å². The van der Waals surface area contributed by atoms with Crippen molar-refractivity contribution < 1.29 is 5.11 Å². The minimum atomic E-state index is -0.234.